The second kappa shape index (κ2) is 10.7. The van der Waals surface area contributed by atoms with Crippen LogP contribution in [0.5, 0.6) is 0 Å². The quantitative estimate of drug-likeness (QED) is 0.314. The SMILES string of the molecule is C#CCN(c1ccc(C(=O)N[C@@H](CCC(=O)O)C(=O)O)c(F)c1)C1CCc2cc3nc(C)[nH]c(=O)c3cc21. The molecule has 0 fully saturated rings. The number of hydrogen-bond acceptors (Lipinski definition) is 6. The molecule has 11 heteroatoms. The summed E-state index contributed by atoms with van der Waals surface area (Å²) in [6.45, 7) is 1.84. The van der Waals surface area contributed by atoms with Crippen molar-refractivity contribution < 1.29 is 29.0 Å². The van der Waals surface area contributed by atoms with Crippen molar-refractivity contribution in [1.29, 1.82) is 0 Å². The fourth-order valence-corrected chi connectivity index (χ4v) is 4.77. The lowest BCUT2D eigenvalue weighted by Crippen LogP contribution is -2.41. The number of carboxylic acids is 2. The zero-order valence-electron chi connectivity index (χ0n) is 20.5. The second-order valence-electron chi connectivity index (χ2n) is 9.07. The fourth-order valence-electron chi connectivity index (χ4n) is 4.77. The van der Waals surface area contributed by atoms with Crippen LogP contribution < -0.4 is 15.8 Å². The molecule has 1 unspecified atom stereocenters. The van der Waals surface area contributed by atoms with Crippen LogP contribution in [0.15, 0.2) is 35.1 Å². The Bertz CT molecular complexity index is 1540. The maximum atomic E-state index is 15.1. The molecular formula is C27H25FN4O6. The number of nitrogens with zero attached hydrogens (tertiary/aromatic N) is 2. The number of aryl methyl sites for hydroxylation is 2. The maximum Gasteiger partial charge on any atom is 0.326 e. The third-order valence-electron chi connectivity index (χ3n) is 6.55. The van der Waals surface area contributed by atoms with Crippen molar-refractivity contribution in [2.75, 3.05) is 11.4 Å². The van der Waals surface area contributed by atoms with E-state index in [2.05, 4.69) is 21.2 Å². The molecule has 0 bridgehead atoms. The molecule has 38 heavy (non-hydrogen) atoms. The van der Waals surface area contributed by atoms with Crippen LogP contribution in [0, 0.1) is 25.1 Å². The summed E-state index contributed by atoms with van der Waals surface area (Å²) in [5.74, 6) is -1.41. The van der Waals surface area contributed by atoms with Gasteiger partial charge in [-0.1, -0.05) is 5.92 Å². The molecule has 1 heterocycles. The standard InChI is InChI=1S/C27H25FN4O6/c1-3-10-32(23-8-4-15-11-22-19(13-18(15)23)26(36)30-14(2)29-22)16-5-6-17(20(28)12-16)25(35)31-21(27(37)38)7-9-24(33)34/h1,5-6,11-13,21,23H,4,7-10H2,2H3,(H,31,35)(H,33,34)(H,37,38)(H,29,30,36)/t21-,23?/m0/s1. The molecule has 2 aromatic carbocycles. The molecule has 1 amide bonds. The van der Waals surface area contributed by atoms with Gasteiger partial charge in [0, 0.05) is 12.1 Å². The van der Waals surface area contributed by atoms with Gasteiger partial charge in [-0.15, -0.1) is 6.42 Å². The number of H-pyrrole nitrogens is 1. The number of amides is 1. The van der Waals surface area contributed by atoms with E-state index in [1.165, 1.54) is 12.1 Å². The van der Waals surface area contributed by atoms with Gasteiger partial charge in [-0.25, -0.2) is 14.2 Å². The van der Waals surface area contributed by atoms with Crippen molar-refractivity contribution in [1.82, 2.24) is 15.3 Å². The highest BCUT2D eigenvalue weighted by molar-refractivity contribution is 5.97. The normalized spacial score (nSPS) is 14.9. The molecular weight excluding hydrogens is 495 g/mol. The van der Waals surface area contributed by atoms with Gasteiger partial charge in [0.1, 0.15) is 17.7 Å². The monoisotopic (exact) mass is 520 g/mol. The number of benzene rings is 2. The first-order chi connectivity index (χ1) is 18.1. The van der Waals surface area contributed by atoms with E-state index in [9.17, 15) is 24.3 Å². The number of carbonyl (C=O) groups is 3. The number of carbonyl (C=O) groups excluding carboxylic acids is 1. The van der Waals surface area contributed by atoms with E-state index in [-0.39, 0.29) is 30.1 Å². The van der Waals surface area contributed by atoms with Crippen LogP contribution in [0.4, 0.5) is 10.1 Å². The number of anilines is 1. The zero-order chi connectivity index (χ0) is 27.6. The lowest BCUT2D eigenvalue weighted by atomic mass is 10.0. The summed E-state index contributed by atoms with van der Waals surface area (Å²) < 4.78 is 15.1. The third-order valence-corrected chi connectivity index (χ3v) is 6.55. The first-order valence-corrected chi connectivity index (χ1v) is 11.9. The molecule has 1 aliphatic carbocycles. The lowest BCUT2D eigenvalue weighted by Gasteiger charge is -2.30. The van der Waals surface area contributed by atoms with Gasteiger partial charge in [0.15, 0.2) is 0 Å². The molecule has 0 aliphatic heterocycles. The van der Waals surface area contributed by atoms with Crippen molar-refractivity contribution in [3.63, 3.8) is 0 Å². The number of aromatic nitrogens is 2. The number of aliphatic carboxylic acids is 2. The number of aromatic amines is 1. The molecule has 0 saturated heterocycles. The summed E-state index contributed by atoms with van der Waals surface area (Å²) in [5, 5.41) is 20.7. The molecule has 196 valence electrons. The smallest absolute Gasteiger partial charge is 0.326 e. The van der Waals surface area contributed by atoms with Gasteiger partial charge in [-0.2, -0.15) is 0 Å². The highest BCUT2D eigenvalue weighted by atomic mass is 19.1. The number of terminal acetylenes is 1. The molecule has 3 aromatic rings. The van der Waals surface area contributed by atoms with Crippen LogP contribution in [0.3, 0.4) is 0 Å². The Kier molecular flexibility index (Phi) is 7.43. The minimum absolute atomic E-state index is 0.131. The van der Waals surface area contributed by atoms with E-state index in [4.69, 9.17) is 11.5 Å². The average Bonchev–Trinajstić information content (AvgIpc) is 3.25. The summed E-state index contributed by atoms with van der Waals surface area (Å²) in [4.78, 5) is 56.2. The number of fused-ring (bicyclic) bond motifs is 2. The number of nitrogens with one attached hydrogen (secondary N) is 2. The summed E-state index contributed by atoms with van der Waals surface area (Å²) in [6.07, 6.45) is 6.18. The van der Waals surface area contributed by atoms with Gasteiger partial charge in [0.25, 0.3) is 11.5 Å². The molecule has 2 atom stereocenters. The molecule has 0 spiro atoms. The van der Waals surface area contributed by atoms with Crippen LogP contribution in [-0.2, 0) is 16.0 Å². The zero-order valence-corrected chi connectivity index (χ0v) is 20.5. The first-order valence-electron chi connectivity index (χ1n) is 11.9. The molecule has 4 rings (SSSR count). The Labute approximate surface area is 216 Å². The Morgan fingerprint density at radius 1 is 1.29 bits per heavy atom. The van der Waals surface area contributed by atoms with Crippen molar-refractivity contribution in [3.8, 4) is 12.3 Å². The van der Waals surface area contributed by atoms with E-state index in [0.717, 1.165) is 17.2 Å². The second-order valence-corrected chi connectivity index (χ2v) is 9.07. The van der Waals surface area contributed by atoms with Gasteiger partial charge in [-0.05, 0) is 67.6 Å². The van der Waals surface area contributed by atoms with Crippen molar-refractivity contribution in [2.24, 2.45) is 0 Å². The summed E-state index contributed by atoms with van der Waals surface area (Å²) in [5.41, 5.74) is 2.26. The Morgan fingerprint density at radius 2 is 2.05 bits per heavy atom. The molecule has 0 radical (unpaired) electrons. The van der Waals surface area contributed by atoms with E-state index in [1.807, 2.05) is 11.0 Å². The topological polar surface area (TPSA) is 153 Å². The summed E-state index contributed by atoms with van der Waals surface area (Å²) in [7, 11) is 0. The van der Waals surface area contributed by atoms with Crippen molar-refractivity contribution in [2.45, 2.75) is 44.7 Å². The maximum absolute atomic E-state index is 15.1. The summed E-state index contributed by atoms with van der Waals surface area (Å²) in [6, 6.07) is 5.83. The number of halogens is 1. The van der Waals surface area contributed by atoms with Crippen LogP contribution in [0.2, 0.25) is 0 Å². The molecule has 4 N–H and O–H groups in total. The van der Waals surface area contributed by atoms with E-state index >= 15 is 4.39 Å². The van der Waals surface area contributed by atoms with Crippen LogP contribution in [0.1, 0.15) is 52.6 Å². The fraction of sp³-hybridized carbons (Fsp3) is 0.296. The van der Waals surface area contributed by atoms with Crippen molar-refractivity contribution in [3.05, 3.63) is 69.0 Å². The predicted molar refractivity (Wildman–Crippen MR) is 137 cm³/mol. The molecule has 10 nitrogen and oxygen atoms in total. The van der Waals surface area contributed by atoms with Gasteiger partial charge in [-0.3, -0.25) is 14.4 Å². The number of carboxylic acid groups (broad SMARTS) is 2. The summed E-state index contributed by atoms with van der Waals surface area (Å²) >= 11 is 0. The largest absolute Gasteiger partial charge is 0.481 e. The molecule has 1 aliphatic rings. The average molecular weight is 521 g/mol. The first kappa shape index (κ1) is 26.3. The lowest BCUT2D eigenvalue weighted by molar-refractivity contribution is -0.140. The number of hydrogen-bond donors (Lipinski definition) is 4. The highest BCUT2D eigenvalue weighted by Gasteiger charge is 2.30. The van der Waals surface area contributed by atoms with Gasteiger partial charge < -0.3 is 25.4 Å². The van der Waals surface area contributed by atoms with E-state index in [1.54, 1.807) is 13.0 Å². The third kappa shape index (κ3) is 5.34. The van der Waals surface area contributed by atoms with Gasteiger partial charge in [0.05, 0.1) is 29.1 Å². The number of rotatable bonds is 9. The van der Waals surface area contributed by atoms with Crippen LogP contribution in [-0.4, -0.2) is 50.6 Å². The minimum Gasteiger partial charge on any atom is -0.481 e. The molecule has 0 saturated carbocycles. The highest BCUT2D eigenvalue weighted by Crippen LogP contribution is 2.39. The van der Waals surface area contributed by atoms with E-state index in [0.29, 0.717) is 35.3 Å². The Morgan fingerprint density at radius 3 is 2.71 bits per heavy atom. The van der Waals surface area contributed by atoms with Crippen LogP contribution >= 0.6 is 0 Å². The predicted octanol–water partition coefficient (Wildman–Crippen LogP) is 2.55. The van der Waals surface area contributed by atoms with E-state index < -0.39 is 36.1 Å². The Hall–Kier alpha value is -4.72. The van der Waals surface area contributed by atoms with Crippen molar-refractivity contribution >= 4 is 34.4 Å². The Balaban J connectivity index is 1.62. The van der Waals surface area contributed by atoms with Gasteiger partial charge >= 0.3 is 11.9 Å². The van der Waals surface area contributed by atoms with Crippen LogP contribution in [0.25, 0.3) is 10.9 Å². The molecule has 1 aromatic heterocycles. The minimum atomic E-state index is -1.48. The van der Waals surface area contributed by atoms with Gasteiger partial charge in [0.2, 0.25) is 0 Å².